The van der Waals surface area contributed by atoms with Crippen molar-refractivity contribution in [3.63, 3.8) is 0 Å². The van der Waals surface area contributed by atoms with E-state index in [0.29, 0.717) is 32.6 Å². The molecule has 110 valence electrons. The molecule has 1 fully saturated rings. The number of aromatic nitrogens is 2. The highest BCUT2D eigenvalue weighted by Crippen LogP contribution is 2.31. The van der Waals surface area contributed by atoms with Crippen LogP contribution in [-0.4, -0.2) is 39.9 Å². The molecule has 2 rings (SSSR count). The van der Waals surface area contributed by atoms with Crippen molar-refractivity contribution in [1.82, 2.24) is 15.1 Å². The van der Waals surface area contributed by atoms with Gasteiger partial charge in [-0.1, -0.05) is 12.2 Å². The van der Waals surface area contributed by atoms with Crippen molar-refractivity contribution in [2.45, 2.75) is 32.4 Å². The topological polar surface area (TPSA) is 82.2 Å². The molecule has 1 aliphatic rings. The molecule has 0 spiro atoms. The third kappa shape index (κ3) is 3.16. The SMILES string of the molecule is CC(Cn1cccn1)NC(=O)C1(C(N)=S)CCOCC1. The summed E-state index contributed by atoms with van der Waals surface area (Å²) < 4.78 is 7.09. The van der Waals surface area contributed by atoms with Crippen LogP contribution in [0.3, 0.4) is 0 Å². The highest BCUT2D eigenvalue weighted by atomic mass is 32.1. The van der Waals surface area contributed by atoms with Gasteiger partial charge < -0.3 is 15.8 Å². The number of carbonyl (C=O) groups excluding carboxylic acids is 1. The second kappa shape index (κ2) is 6.32. The van der Waals surface area contributed by atoms with E-state index in [1.807, 2.05) is 19.2 Å². The summed E-state index contributed by atoms with van der Waals surface area (Å²) >= 11 is 5.12. The Morgan fingerprint density at radius 2 is 2.30 bits per heavy atom. The van der Waals surface area contributed by atoms with Gasteiger partial charge in [0.2, 0.25) is 5.91 Å². The fourth-order valence-corrected chi connectivity index (χ4v) is 2.70. The van der Waals surface area contributed by atoms with Crippen molar-refractivity contribution >= 4 is 23.1 Å². The van der Waals surface area contributed by atoms with Gasteiger partial charge in [0.05, 0.1) is 11.5 Å². The Balaban J connectivity index is 1.99. The molecule has 20 heavy (non-hydrogen) atoms. The maximum absolute atomic E-state index is 12.5. The fraction of sp³-hybridized carbons (Fsp3) is 0.615. The largest absolute Gasteiger partial charge is 0.392 e. The average molecular weight is 296 g/mol. The standard InChI is InChI=1S/C13H20N4O2S/c1-10(9-17-6-2-5-15-17)16-12(18)13(11(14)20)3-7-19-8-4-13/h2,5-6,10H,3-4,7-9H2,1H3,(H2,14,20)(H,16,18). The number of carbonyl (C=O) groups is 1. The van der Waals surface area contributed by atoms with Gasteiger partial charge in [-0.25, -0.2) is 0 Å². The molecule has 1 aromatic rings. The molecule has 0 radical (unpaired) electrons. The maximum Gasteiger partial charge on any atom is 0.233 e. The first-order chi connectivity index (χ1) is 9.54. The van der Waals surface area contributed by atoms with Crippen molar-refractivity contribution in [3.8, 4) is 0 Å². The van der Waals surface area contributed by atoms with Gasteiger partial charge in [-0.15, -0.1) is 0 Å². The summed E-state index contributed by atoms with van der Waals surface area (Å²) in [7, 11) is 0. The molecule has 0 bridgehead atoms. The molecule has 0 aromatic carbocycles. The Labute approximate surface area is 123 Å². The van der Waals surface area contributed by atoms with E-state index >= 15 is 0 Å². The van der Waals surface area contributed by atoms with Gasteiger partial charge >= 0.3 is 0 Å². The van der Waals surface area contributed by atoms with E-state index in [1.165, 1.54) is 0 Å². The minimum atomic E-state index is -0.772. The molecule has 7 heteroatoms. The Kier molecular flexibility index (Phi) is 4.72. The summed E-state index contributed by atoms with van der Waals surface area (Å²) in [5.74, 6) is -0.104. The summed E-state index contributed by atoms with van der Waals surface area (Å²) in [5, 5.41) is 7.11. The fourth-order valence-electron chi connectivity index (χ4n) is 2.40. The number of ether oxygens (including phenoxy) is 1. The normalized spacial score (nSPS) is 19.2. The van der Waals surface area contributed by atoms with E-state index in [4.69, 9.17) is 22.7 Å². The molecule has 1 saturated heterocycles. The quantitative estimate of drug-likeness (QED) is 0.772. The summed E-state index contributed by atoms with van der Waals surface area (Å²) in [6, 6.07) is 1.81. The molecule has 2 heterocycles. The van der Waals surface area contributed by atoms with Gasteiger partial charge in [0.1, 0.15) is 5.41 Å². The smallest absolute Gasteiger partial charge is 0.233 e. The first kappa shape index (κ1) is 14.9. The number of nitrogens with zero attached hydrogens (tertiary/aromatic N) is 2. The van der Waals surface area contributed by atoms with E-state index < -0.39 is 5.41 Å². The van der Waals surface area contributed by atoms with Crippen molar-refractivity contribution in [1.29, 1.82) is 0 Å². The molecule has 3 N–H and O–H groups in total. The molecule has 1 aliphatic heterocycles. The minimum absolute atomic E-state index is 0.0449. The van der Waals surface area contributed by atoms with Crippen LogP contribution in [0, 0.1) is 5.41 Å². The van der Waals surface area contributed by atoms with Gasteiger partial charge in [-0.2, -0.15) is 5.10 Å². The molecule has 1 unspecified atom stereocenters. The predicted octanol–water partition coefficient (Wildman–Crippen LogP) is 0.471. The number of hydrogen-bond donors (Lipinski definition) is 2. The summed E-state index contributed by atoms with van der Waals surface area (Å²) in [4.78, 5) is 12.8. The van der Waals surface area contributed by atoms with E-state index in [1.54, 1.807) is 10.9 Å². The lowest BCUT2D eigenvalue weighted by Crippen LogP contribution is -2.54. The monoisotopic (exact) mass is 296 g/mol. The van der Waals surface area contributed by atoms with Crippen LogP contribution >= 0.6 is 12.2 Å². The van der Waals surface area contributed by atoms with Gasteiger partial charge in [-0.05, 0) is 25.8 Å². The number of nitrogens with one attached hydrogen (secondary N) is 1. The lowest BCUT2D eigenvalue weighted by Gasteiger charge is -2.35. The highest BCUT2D eigenvalue weighted by molar-refractivity contribution is 7.80. The Bertz CT molecular complexity index is 469. The zero-order chi connectivity index (χ0) is 14.6. The molecule has 0 saturated carbocycles. The first-order valence-electron chi connectivity index (χ1n) is 6.70. The van der Waals surface area contributed by atoms with E-state index in [0.717, 1.165) is 0 Å². The van der Waals surface area contributed by atoms with Crippen LogP contribution in [0.2, 0.25) is 0 Å². The van der Waals surface area contributed by atoms with Crippen LogP contribution in [0.5, 0.6) is 0 Å². The number of amides is 1. The molecule has 1 amide bonds. The molecule has 6 nitrogen and oxygen atoms in total. The second-order valence-electron chi connectivity index (χ2n) is 5.16. The highest BCUT2D eigenvalue weighted by Gasteiger charge is 2.43. The van der Waals surface area contributed by atoms with Gasteiger partial charge in [-0.3, -0.25) is 9.48 Å². The third-order valence-electron chi connectivity index (χ3n) is 3.65. The Morgan fingerprint density at radius 3 is 2.85 bits per heavy atom. The van der Waals surface area contributed by atoms with Gasteiger partial charge in [0.25, 0.3) is 0 Å². The molecular formula is C13H20N4O2S. The lowest BCUT2D eigenvalue weighted by molar-refractivity contribution is -0.132. The number of rotatable bonds is 5. The predicted molar refractivity (Wildman–Crippen MR) is 79.1 cm³/mol. The van der Waals surface area contributed by atoms with Crippen molar-refractivity contribution in [2.75, 3.05) is 13.2 Å². The van der Waals surface area contributed by atoms with E-state index in [-0.39, 0.29) is 16.9 Å². The number of hydrogen-bond acceptors (Lipinski definition) is 4. The molecule has 1 aromatic heterocycles. The van der Waals surface area contributed by atoms with Crippen molar-refractivity contribution < 1.29 is 9.53 Å². The number of thiocarbonyl (C=S) groups is 1. The minimum Gasteiger partial charge on any atom is -0.392 e. The van der Waals surface area contributed by atoms with Crippen LogP contribution in [-0.2, 0) is 16.1 Å². The third-order valence-corrected chi connectivity index (χ3v) is 4.04. The van der Waals surface area contributed by atoms with Crippen molar-refractivity contribution in [3.05, 3.63) is 18.5 Å². The van der Waals surface area contributed by atoms with E-state index in [2.05, 4.69) is 10.4 Å². The molecule has 1 atom stereocenters. The molecule has 0 aliphatic carbocycles. The Morgan fingerprint density at radius 1 is 1.60 bits per heavy atom. The summed E-state index contributed by atoms with van der Waals surface area (Å²) in [5.41, 5.74) is 5.04. The summed E-state index contributed by atoms with van der Waals surface area (Å²) in [6.07, 6.45) is 4.66. The van der Waals surface area contributed by atoms with Crippen LogP contribution in [0.25, 0.3) is 0 Å². The van der Waals surface area contributed by atoms with Crippen molar-refractivity contribution in [2.24, 2.45) is 11.1 Å². The van der Waals surface area contributed by atoms with Crippen LogP contribution in [0.4, 0.5) is 0 Å². The lowest BCUT2D eigenvalue weighted by atomic mass is 9.79. The van der Waals surface area contributed by atoms with Crippen LogP contribution in [0.15, 0.2) is 18.5 Å². The first-order valence-corrected chi connectivity index (χ1v) is 7.11. The van der Waals surface area contributed by atoms with Gasteiger partial charge in [0.15, 0.2) is 0 Å². The zero-order valence-electron chi connectivity index (χ0n) is 11.5. The molecular weight excluding hydrogens is 276 g/mol. The van der Waals surface area contributed by atoms with Crippen LogP contribution < -0.4 is 11.1 Å². The number of nitrogens with two attached hydrogens (primary N) is 1. The maximum atomic E-state index is 12.5. The average Bonchev–Trinajstić information content (AvgIpc) is 2.91. The van der Waals surface area contributed by atoms with Crippen LogP contribution in [0.1, 0.15) is 19.8 Å². The van der Waals surface area contributed by atoms with E-state index in [9.17, 15) is 4.79 Å². The van der Waals surface area contributed by atoms with Gasteiger partial charge in [0, 0.05) is 31.6 Å². The zero-order valence-corrected chi connectivity index (χ0v) is 12.4. The summed E-state index contributed by atoms with van der Waals surface area (Å²) in [6.45, 7) is 3.57. The second-order valence-corrected chi connectivity index (χ2v) is 5.60. The Hall–Kier alpha value is -1.47.